The summed E-state index contributed by atoms with van der Waals surface area (Å²) >= 11 is 1.84. The molecule has 0 aliphatic carbocycles. The molecule has 1 nitrogen and oxygen atoms in total. The van der Waals surface area contributed by atoms with Gasteiger partial charge in [-0.2, -0.15) is 0 Å². The smallest absolute Gasteiger partial charge is 0.0684 e. The molecule has 0 fully saturated rings. The van der Waals surface area contributed by atoms with Crippen molar-refractivity contribution in [2.75, 3.05) is 0 Å². The van der Waals surface area contributed by atoms with Crippen molar-refractivity contribution in [1.82, 2.24) is 0 Å². The first-order valence-electron chi connectivity index (χ1n) is 7.43. The number of benzene rings is 3. The number of aliphatic hydroxyl groups is 1. The van der Waals surface area contributed by atoms with Crippen LogP contribution in [0.4, 0.5) is 0 Å². The van der Waals surface area contributed by atoms with Crippen LogP contribution in [0.15, 0.2) is 66.7 Å². The van der Waals surface area contributed by atoms with Crippen molar-refractivity contribution in [3.8, 4) is 0 Å². The zero-order valence-corrected chi connectivity index (χ0v) is 12.9. The average molecular weight is 304 g/mol. The van der Waals surface area contributed by atoms with Crippen LogP contribution in [0.3, 0.4) is 0 Å². The van der Waals surface area contributed by atoms with Crippen molar-refractivity contribution >= 4 is 32.2 Å². The van der Waals surface area contributed by atoms with Gasteiger partial charge in [0.15, 0.2) is 0 Å². The molecule has 3 aromatic carbocycles. The summed E-state index contributed by atoms with van der Waals surface area (Å²) in [5.41, 5.74) is 2.23. The van der Waals surface area contributed by atoms with Crippen LogP contribution in [0.2, 0.25) is 0 Å². The summed E-state index contributed by atoms with van der Waals surface area (Å²) in [6.07, 6.45) is 0.879. The van der Waals surface area contributed by atoms with Gasteiger partial charge in [0.25, 0.3) is 0 Å². The minimum absolute atomic E-state index is 0.101. The monoisotopic (exact) mass is 304 g/mol. The van der Waals surface area contributed by atoms with Crippen molar-refractivity contribution < 1.29 is 5.11 Å². The molecule has 0 aliphatic heterocycles. The van der Waals surface area contributed by atoms with Crippen molar-refractivity contribution in [3.05, 3.63) is 82.7 Å². The van der Waals surface area contributed by atoms with E-state index in [1.807, 2.05) is 29.5 Å². The lowest BCUT2D eigenvalue weighted by Crippen LogP contribution is -1.93. The summed E-state index contributed by atoms with van der Waals surface area (Å²) in [5, 5.41) is 13.4. The van der Waals surface area contributed by atoms with Crippen LogP contribution in [0.25, 0.3) is 20.9 Å². The molecule has 1 aromatic heterocycles. The number of fused-ring (bicyclic) bond motifs is 3. The minimum atomic E-state index is 0.101. The fourth-order valence-electron chi connectivity index (χ4n) is 3.00. The third-order valence-corrected chi connectivity index (χ3v) is 5.23. The van der Waals surface area contributed by atoms with Gasteiger partial charge in [0, 0.05) is 21.4 Å². The van der Waals surface area contributed by atoms with Gasteiger partial charge in [0.2, 0.25) is 0 Å². The van der Waals surface area contributed by atoms with E-state index in [4.69, 9.17) is 0 Å². The zero-order valence-electron chi connectivity index (χ0n) is 12.1. The van der Waals surface area contributed by atoms with E-state index >= 15 is 0 Å². The Labute approximate surface area is 133 Å². The molecule has 108 valence electrons. The Morgan fingerprint density at radius 3 is 2.41 bits per heavy atom. The van der Waals surface area contributed by atoms with Gasteiger partial charge in [-0.05, 0) is 34.0 Å². The molecule has 0 spiro atoms. The highest BCUT2D eigenvalue weighted by atomic mass is 32.1. The summed E-state index contributed by atoms with van der Waals surface area (Å²) < 4.78 is 1.33. The van der Waals surface area contributed by atoms with Gasteiger partial charge < -0.3 is 5.11 Å². The highest BCUT2D eigenvalue weighted by Crippen LogP contribution is 2.33. The molecule has 0 aliphatic rings. The second-order valence-electron chi connectivity index (χ2n) is 5.51. The van der Waals surface area contributed by atoms with Crippen molar-refractivity contribution in [3.63, 3.8) is 0 Å². The summed E-state index contributed by atoms with van der Waals surface area (Å²) in [4.78, 5) is 1.34. The van der Waals surface area contributed by atoms with E-state index in [-0.39, 0.29) is 6.61 Å². The summed E-state index contributed by atoms with van der Waals surface area (Å²) in [6, 6.07) is 23.4. The second kappa shape index (κ2) is 5.56. The molecule has 2 heteroatoms. The van der Waals surface area contributed by atoms with E-state index in [0.717, 1.165) is 12.0 Å². The topological polar surface area (TPSA) is 20.2 Å². The lowest BCUT2D eigenvalue weighted by molar-refractivity contribution is 0.281. The van der Waals surface area contributed by atoms with E-state index < -0.39 is 0 Å². The first kappa shape index (κ1) is 13.5. The first-order chi connectivity index (χ1) is 10.8. The Kier molecular flexibility index (Phi) is 3.41. The second-order valence-corrected chi connectivity index (χ2v) is 6.68. The normalized spacial score (nSPS) is 11.3. The van der Waals surface area contributed by atoms with Crippen LogP contribution in [0, 0.1) is 0 Å². The molecule has 0 saturated carbocycles. The number of aliphatic hydroxyl groups excluding tert-OH is 1. The van der Waals surface area contributed by atoms with Crippen molar-refractivity contribution in [2.24, 2.45) is 0 Å². The zero-order chi connectivity index (χ0) is 14.9. The quantitative estimate of drug-likeness (QED) is 0.556. The SMILES string of the molecule is OCc1ccccc1Cc1cc2c(ccc3ccccc32)s1. The van der Waals surface area contributed by atoms with Crippen LogP contribution >= 0.6 is 11.3 Å². The predicted molar refractivity (Wildman–Crippen MR) is 94.5 cm³/mol. The maximum absolute atomic E-state index is 9.48. The number of rotatable bonds is 3. The predicted octanol–water partition coefficient (Wildman–Crippen LogP) is 5.14. The molecule has 4 aromatic rings. The Hall–Kier alpha value is -2.16. The molecule has 0 amide bonds. The van der Waals surface area contributed by atoms with E-state index in [2.05, 4.69) is 48.5 Å². The Bertz CT molecular complexity index is 952. The highest BCUT2D eigenvalue weighted by molar-refractivity contribution is 7.19. The lowest BCUT2D eigenvalue weighted by Gasteiger charge is -2.04. The van der Waals surface area contributed by atoms with E-state index in [1.165, 1.54) is 31.3 Å². The number of hydrogen-bond acceptors (Lipinski definition) is 2. The van der Waals surface area contributed by atoms with Crippen LogP contribution in [-0.4, -0.2) is 5.11 Å². The van der Waals surface area contributed by atoms with Gasteiger partial charge in [-0.15, -0.1) is 11.3 Å². The largest absolute Gasteiger partial charge is 0.392 e. The molecule has 0 radical (unpaired) electrons. The molecule has 4 rings (SSSR count). The van der Waals surface area contributed by atoms with Gasteiger partial charge in [-0.3, -0.25) is 0 Å². The first-order valence-corrected chi connectivity index (χ1v) is 8.24. The molecular formula is C20H16OS. The Balaban J connectivity index is 1.81. The summed E-state index contributed by atoms with van der Waals surface area (Å²) in [7, 11) is 0. The molecule has 1 N–H and O–H groups in total. The van der Waals surface area contributed by atoms with Gasteiger partial charge in [0.05, 0.1) is 6.61 Å². The molecule has 0 unspecified atom stereocenters. The molecular weight excluding hydrogens is 288 g/mol. The van der Waals surface area contributed by atoms with E-state index in [9.17, 15) is 5.11 Å². The summed E-state index contributed by atoms with van der Waals surface area (Å²) in [6.45, 7) is 0.101. The lowest BCUT2D eigenvalue weighted by atomic mass is 10.0. The van der Waals surface area contributed by atoms with Gasteiger partial charge in [0.1, 0.15) is 0 Å². The van der Waals surface area contributed by atoms with Crippen molar-refractivity contribution in [1.29, 1.82) is 0 Å². The molecule has 1 heterocycles. The number of hydrogen-bond donors (Lipinski definition) is 1. The number of thiophene rings is 1. The van der Waals surface area contributed by atoms with Gasteiger partial charge >= 0.3 is 0 Å². The maximum Gasteiger partial charge on any atom is 0.0684 e. The minimum Gasteiger partial charge on any atom is -0.392 e. The van der Waals surface area contributed by atoms with Crippen LogP contribution in [0.5, 0.6) is 0 Å². The van der Waals surface area contributed by atoms with E-state index in [0.29, 0.717) is 0 Å². The van der Waals surface area contributed by atoms with Gasteiger partial charge in [-0.1, -0.05) is 54.6 Å². The molecule has 0 saturated heterocycles. The third-order valence-electron chi connectivity index (χ3n) is 4.13. The third kappa shape index (κ3) is 2.31. The summed E-state index contributed by atoms with van der Waals surface area (Å²) in [5.74, 6) is 0. The van der Waals surface area contributed by atoms with Crippen LogP contribution in [0.1, 0.15) is 16.0 Å². The Morgan fingerprint density at radius 1 is 0.773 bits per heavy atom. The molecule has 0 atom stereocenters. The molecule has 22 heavy (non-hydrogen) atoms. The maximum atomic E-state index is 9.48. The standard InChI is InChI=1S/C20H16OS/c21-13-16-7-2-1-6-15(16)11-17-12-19-18-8-4-3-5-14(18)9-10-20(19)22-17/h1-10,12,21H,11,13H2. The van der Waals surface area contributed by atoms with Crippen molar-refractivity contribution in [2.45, 2.75) is 13.0 Å². The van der Waals surface area contributed by atoms with E-state index in [1.54, 1.807) is 0 Å². The Morgan fingerprint density at radius 2 is 1.55 bits per heavy atom. The fraction of sp³-hybridized carbons (Fsp3) is 0.100. The fourth-order valence-corrected chi connectivity index (χ4v) is 4.11. The van der Waals surface area contributed by atoms with Crippen LogP contribution < -0.4 is 0 Å². The molecule has 0 bridgehead atoms. The average Bonchev–Trinajstić information content (AvgIpc) is 2.98. The van der Waals surface area contributed by atoms with Gasteiger partial charge in [-0.25, -0.2) is 0 Å². The van der Waals surface area contributed by atoms with Crippen LogP contribution in [-0.2, 0) is 13.0 Å². The highest BCUT2D eigenvalue weighted by Gasteiger charge is 2.08.